The van der Waals surface area contributed by atoms with Crippen molar-refractivity contribution in [3.63, 3.8) is 0 Å². The van der Waals surface area contributed by atoms with Crippen molar-refractivity contribution < 1.29 is 18.3 Å². The average Bonchev–Trinajstić information content (AvgIpc) is 3.05. The van der Waals surface area contributed by atoms with Gasteiger partial charge in [0.15, 0.2) is 0 Å². The van der Waals surface area contributed by atoms with Crippen LogP contribution in [0, 0.1) is 6.92 Å². The van der Waals surface area contributed by atoms with Gasteiger partial charge in [-0.05, 0) is 31.2 Å². The zero-order chi connectivity index (χ0) is 19.9. The van der Waals surface area contributed by atoms with Crippen LogP contribution >= 0.6 is 0 Å². The Bertz CT molecular complexity index is 1130. The molecule has 0 atom stereocenters. The highest BCUT2D eigenvalue weighted by atomic mass is 32.2. The van der Waals surface area contributed by atoms with Gasteiger partial charge in [-0.3, -0.25) is 0 Å². The molecule has 0 saturated carbocycles. The summed E-state index contributed by atoms with van der Waals surface area (Å²) in [5, 5.41) is 10.0. The topological polar surface area (TPSA) is 82.8 Å². The highest BCUT2D eigenvalue weighted by Gasteiger charge is 2.26. The molecule has 2 aromatic carbocycles. The van der Waals surface area contributed by atoms with Crippen molar-refractivity contribution >= 4 is 32.7 Å². The number of amides is 1. The molecule has 7 nitrogen and oxygen atoms in total. The van der Waals surface area contributed by atoms with E-state index in [-0.39, 0.29) is 4.90 Å². The minimum absolute atomic E-state index is 0.237. The molecule has 146 valence electrons. The lowest BCUT2D eigenvalue weighted by molar-refractivity contribution is 0.142. The van der Waals surface area contributed by atoms with Crippen molar-refractivity contribution in [1.29, 1.82) is 0 Å². The summed E-state index contributed by atoms with van der Waals surface area (Å²) in [4.78, 5) is 14.8. The van der Waals surface area contributed by atoms with Gasteiger partial charge in [-0.25, -0.2) is 17.2 Å². The molecular weight excluding hydrogens is 378 g/mol. The number of hydrogen-bond donors (Lipinski definition) is 1. The first-order chi connectivity index (χ1) is 13.4. The number of benzene rings is 2. The third kappa shape index (κ3) is 2.99. The van der Waals surface area contributed by atoms with E-state index in [2.05, 4.69) is 4.90 Å². The van der Waals surface area contributed by atoms with E-state index in [4.69, 9.17) is 0 Å². The molecule has 0 radical (unpaired) electrons. The van der Waals surface area contributed by atoms with Crippen molar-refractivity contribution in [3.8, 4) is 0 Å². The summed E-state index contributed by atoms with van der Waals surface area (Å²) in [6.45, 7) is 3.59. The minimum atomic E-state index is -3.75. The fraction of sp³-hybridized carbons (Fsp3) is 0.250. The van der Waals surface area contributed by atoms with Gasteiger partial charge in [-0.1, -0.05) is 30.3 Å². The number of fused-ring (bicyclic) bond motifs is 1. The van der Waals surface area contributed by atoms with Crippen molar-refractivity contribution in [3.05, 3.63) is 60.3 Å². The number of rotatable bonds is 3. The van der Waals surface area contributed by atoms with E-state index < -0.39 is 16.1 Å². The van der Waals surface area contributed by atoms with Crippen molar-refractivity contribution in [2.45, 2.75) is 11.8 Å². The Morgan fingerprint density at radius 2 is 1.64 bits per heavy atom. The van der Waals surface area contributed by atoms with E-state index in [9.17, 15) is 18.3 Å². The zero-order valence-electron chi connectivity index (χ0n) is 15.4. The molecule has 2 heterocycles. The first kappa shape index (κ1) is 18.4. The zero-order valence-corrected chi connectivity index (χ0v) is 16.3. The lowest BCUT2D eigenvalue weighted by Gasteiger charge is -2.35. The van der Waals surface area contributed by atoms with E-state index in [1.807, 2.05) is 24.3 Å². The maximum Gasteiger partial charge on any atom is 0.407 e. The standard InChI is InChI=1S/C20H21N3O4S/c1-15-14-16-6-5-9-18(21-10-12-22(13-11-21)20(24)25)19(16)23(15)28(26,27)17-7-3-2-4-8-17/h2-9,14H,10-13H2,1H3,(H,24,25). The Hall–Kier alpha value is -3.00. The Morgan fingerprint density at radius 3 is 2.29 bits per heavy atom. The second-order valence-electron chi connectivity index (χ2n) is 6.84. The SMILES string of the molecule is Cc1cc2cccc(N3CCN(C(=O)O)CC3)c2n1S(=O)(=O)c1ccccc1. The molecule has 3 aromatic rings. The molecule has 0 bridgehead atoms. The van der Waals surface area contributed by atoms with Gasteiger partial charge in [-0.15, -0.1) is 0 Å². The molecule has 0 spiro atoms. The van der Waals surface area contributed by atoms with Crippen molar-refractivity contribution in [1.82, 2.24) is 8.87 Å². The number of aromatic nitrogens is 1. The highest BCUT2D eigenvalue weighted by molar-refractivity contribution is 7.90. The third-order valence-electron chi connectivity index (χ3n) is 5.11. The molecule has 1 aliphatic rings. The number of para-hydroxylation sites is 1. The van der Waals surface area contributed by atoms with E-state index in [0.29, 0.717) is 37.4 Å². The summed E-state index contributed by atoms with van der Waals surface area (Å²) < 4.78 is 28.1. The Balaban J connectivity index is 1.84. The molecular formula is C20H21N3O4S. The van der Waals surface area contributed by atoms with Gasteiger partial charge in [0.1, 0.15) is 0 Å². The molecule has 0 unspecified atom stereocenters. The molecule has 4 rings (SSSR count). The van der Waals surface area contributed by atoms with Crippen LogP contribution in [0.5, 0.6) is 0 Å². The largest absolute Gasteiger partial charge is 0.465 e. The smallest absolute Gasteiger partial charge is 0.407 e. The number of anilines is 1. The summed E-state index contributed by atoms with van der Waals surface area (Å²) in [6, 6.07) is 16.0. The molecule has 1 aromatic heterocycles. The fourth-order valence-electron chi connectivity index (χ4n) is 3.75. The molecule has 8 heteroatoms. The maximum atomic E-state index is 13.4. The Kier molecular flexibility index (Phi) is 4.50. The first-order valence-corrected chi connectivity index (χ1v) is 10.5. The average molecular weight is 399 g/mol. The predicted molar refractivity (Wildman–Crippen MR) is 108 cm³/mol. The summed E-state index contributed by atoms with van der Waals surface area (Å²) in [7, 11) is -3.75. The van der Waals surface area contributed by atoms with Crippen LogP contribution < -0.4 is 4.90 Å². The third-order valence-corrected chi connectivity index (χ3v) is 6.93. The number of aryl methyl sites for hydroxylation is 1. The predicted octanol–water partition coefficient (Wildman–Crippen LogP) is 2.99. The van der Waals surface area contributed by atoms with Crippen LogP contribution in [0.2, 0.25) is 0 Å². The lowest BCUT2D eigenvalue weighted by Crippen LogP contribution is -2.48. The van der Waals surface area contributed by atoms with E-state index in [1.165, 1.54) is 8.87 Å². The summed E-state index contributed by atoms with van der Waals surface area (Å²) >= 11 is 0. The number of nitrogens with zero attached hydrogens (tertiary/aromatic N) is 3. The first-order valence-electron chi connectivity index (χ1n) is 9.04. The fourth-order valence-corrected chi connectivity index (χ4v) is 5.33. The number of carboxylic acid groups (broad SMARTS) is 1. The van der Waals surface area contributed by atoms with Crippen molar-refractivity contribution in [2.24, 2.45) is 0 Å². The van der Waals surface area contributed by atoms with Crippen LogP contribution in [-0.4, -0.2) is 54.7 Å². The van der Waals surface area contributed by atoms with Crippen LogP contribution in [0.15, 0.2) is 59.5 Å². The van der Waals surface area contributed by atoms with Gasteiger partial charge >= 0.3 is 6.09 Å². The van der Waals surface area contributed by atoms with Gasteiger partial charge in [0.25, 0.3) is 10.0 Å². The second kappa shape index (κ2) is 6.87. The Morgan fingerprint density at radius 1 is 0.964 bits per heavy atom. The summed E-state index contributed by atoms with van der Waals surface area (Å²) in [6.07, 6.45) is -0.927. The number of carbonyl (C=O) groups is 1. The van der Waals surface area contributed by atoms with Crippen molar-refractivity contribution in [2.75, 3.05) is 31.1 Å². The minimum Gasteiger partial charge on any atom is -0.465 e. The molecule has 1 saturated heterocycles. The van der Waals surface area contributed by atoms with Crippen LogP contribution in [0.1, 0.15) is 5.69 Å². The van der Waals surface area contributed by atoms with Gasteiger partial charge in [0, 0.05) is 37.3 Å². The lowest BCUT2D eigenvalue weighted by atomic mass is 10.2. The van der Waals surface area contributed by atoms with Crippen LogP contribution in [-0.2, 0) is 10.0 Å². The van der Waals surface area contributed by atoms with Crippen LogP contribution in [0.25, 0.3) is 10.9 Å². The van der Waals surface area contributed by atoms with Crippen LogP contribution in [0.3, 0.4) is 0 Å². The van der Waals surface area contributed by atoms with E-state index in [1.54, 1.807) is 37.3 Å². The monoisotopic (exact) mass is 399 g/mol. The maximum absolute atomic E-state index is 13.4. The van der Waals surface area contributed by atoms with Gasteiger partial charge in [0.05, 0.1) is 16.1 Å². The van der Waals surface area contributed by atoms with Gasteiger partial charge < -0.3 is 14.9 Å². The number of piperazine rings is 1. The molecule has 28 heavy (non-hydrogen) atoms. The molecule has 0 aliphatic carbocycles. The molecule has 1 amide bonds. The molecule has 1 N–H and O–H groups in total. The van der Waals surface area contributed by atoms with Gasteiger partial charge in [-0.2, -0.15) is 0 Å². The van der Waals surface area contributed by atoms with Crippen LogP contribution in [0.4, 0.5) is 10.5 Å². The number of hydrogen-bond acceptors (Lipinski definition) is 4. The van der Waals surface area contributed by atoms with E-state index in [0.717, 1.165) is 11.1 Å². The second-order valence-corrected chi connectivity index (χ2v) is 8.63. The van der Waals surface area contributed by atoms with E-state index >= 15 is 0 Å². The Labute approximate surface area is 163 Å². The van der Waals surface area contributed by atoms with Gasteiger partial charge in [0.2, 0.25) is 0 Å². The molecule has 1 aliphatic heterocycles. The quantitative estimate of drug-likeness (QED) is 0.732. The molecule has 1 fully saturated rings. The highest BCUT2D eigenvalue weighted by Crippen LogP contribution is 2.33. The summed E-state index contributed by atoms with van der Waals surface area (Å²) in [5.74, 6) is 0. The summed E-state index contributed by atoms with van der Waals surface area (Å²) in [5.41, 5.74) is 2.07. The normalized spacial score (nSPS) is 15.2.